The highest BCUT2D eigenvalue weighted by molar-refractivity contribution is 5.80. The molecule has 1 unspecified atom stereocenters. The number of hydrogen-bond acceptors (Lipinski definition) is 3. The summed E-state index contributed by atoms with van der Waals surface area (Å²) in [6.45, 7) is 2.52. The van der Waals surface area contributed by atoms with Crippen LogP contribution in [0.4, 0.5) is 0 Å². The van der Waals surface area contributed by atoms with Crippen LogP contribution in [0.5, 0.6) is 5.75 Å². The van der Waals surface area contributed by atoms with Gasteiger partial charge in [-0.3, -0.25) is 4.79 Å². The number of piperidine rings is 1. The first-order valence-corrected chi connectivity index (χ1v) is 9.52. The molecule has 27 heavy (non-hydrogen) atoms. The van der Waals surface area contributed by atoms with Gasteiger partial charge in [-0.1, -0.05) is 48.5 Å². The molecule has 0 bridgehead atoms. The predicted molar refractivity (Wildman–Crippen MR) is 108 cm³/mol. The lowest BCUT2D eigenvalue weighted by Crippen LogP contribution is -2.39. The number of nitrogens with zero attached hydrogens (tertiary/aromatic N) is 1. The second-order valence-corrected chi connectivity index (χ2v) is 6.98. The largest absolute Gasteiger partial charge is 0.497 e. The van der Waals surface area contributed by atoms with E-state index in [4.69, 9.17) is 4.74 Å². The highest BCUT2D eigenvalue weighted by atomic mass is 16.5. The molecular weight excluding hydrogens is 338 g/mol. The summed E-state index contributed by atoms with van der Waals surface area (Å²) in [5.74, 6) is -0.0547. The van der Waals surface area contributed by atoms with Gasteiger partial charge in [0.1, 0.15) is 5.75 Å². The van der Waals surface area contributed by atoms with E-state index >= 15 is 0 Å². The summed E-state index contributed by atoms with van der Waals surface area (Å²) in [5, 5.41) is 9.27. The van der Waals surface area contributed by atoms with Crippen LogP contribution in [0, 0.1) is 5.92 Å². The van der Waals surface area contributed by atoms with E-state index in [0.29, 0.717) is 6.54 Å². The van der Waals surface area contributed by atoms with Crippen molar-refractivity contribution >= 4 is 11.5 Å². The van der Waals surface area contributed by atoms with E-state index in [0.717, 1.165) is 43.7 Å². The Morgan fingerprint density at radius 1 is 1.19 bits per heavy atom. The number of aliphatic carboxylic acids is 1. The van der Waals surface area contributed by atoms with E-state index in [2.05, 4.69) is 35.2 Å². The fraction of sp³-hybridized carbons (Fsp3) is 0.348. The monoisotopic (exact) mass is 365 g/mol. The van der Waals surface area contributed by atoms with Gasteiger partial charge in [-0.05, 0) is 54.6 Å². The van der Waals surface area contributed by atoms with E-state index in [1.807, 2.05) is 30.3 Å². The average Bonchev–Trinajstić information content (AvgIpc) is 2.72. The van der Waals surface area contributed by atoms with Gasteiger partial charge in [0.05, 0.1) is 13.0 Å². The van der Waals surface area contributed by atoms with Gasteiger partial charge in [0.2, 0.25) is 0 Å². The topological polar surface area (TPSA) is 49.8 Å². The Kier molecular flexibility index (Phi) is 6.66. The third kappa shape index (κ3) is 5.20. The van der Waals surface area contributed by atoms with Crippen molar-refractivity contribution in [2.24, 2.45) is 5.92 Å². The Morgan fingerprint density at radius 3 is 2.70 bits per heavy atom. The van der Waals surface area contributed by atoms with Gasteiger partial charge in [0.15, 0.2) is 0 Å². The van der Waals surface area contributed by atoms with Gasteiger partial charge < -0.3 is 14.7 Å². The number of ether oxygens (including phenoxy) is 1. The highest BCUT2D eigenvalue weighted by Crippen LogP contribution is 2.27. The normalized spacial score (nSPS) is 18.3. The van der Waals surface area contributed by atoms with Crippen LogP contribution in [0.3, 0.4) is 0 Å². The SMILES string of the molecule is COc1cccc(/C(=C/CCN2CCCC(C(=O)O)C2)c2ccccc2)c1. The fourth-order valence-electron chi connectivity index (χ4n) is 3.66. The van der Waals surface area contributed by atoms with Crippen molar-refractivity contribution in [3.8, 4) is 5.75 Å². The minimum Gasteiger partial charge on any atom is -0.497 e. The minimum atomic E-state index is -0.670. The molecule has 1 N–H and O–H groups in total. The average molecular weight is 365 g/mol. The van der Waals surface area contributed by atoms with Crippen molar-refractivity contribution in [2.75, 3.05) is 26.7 Å². The lowest BCUT2D eigenvalue weighted by atomic mass is 9.96. The predicted octanol–water partition coefficient (Wildman–Crippen LogP) is 4.31. The van der Waals surface area contributed by atoms with Crippen molar-refractivity contribution in [2.45, 2.75) is 19.3 Å². The summed E-state index contributed by atoms with van der Waals surface area (Å²) >= 11 is 0. The van der Waals surface area contributed by atoms with Gasteiger partial charge in [-0.25, -0.2) is 0 Å². The third-order valence-electron chi connectivity index (χ3n) is 5.11. The summed E-state index contributed by atoms with van der Waals surface area (Å²) in [7, 11) is 1.68. The standard InChI is InChI=1S/C23H27NO3/c1-27-21-12-5-10-19(16-21)22(18-8-3-2-4-9-18)13-7-15-24-14-6-11-20(17-24)23(25)26/h2-5,8-10,12-13,16,20H,6-7,11,14-15,17H2,1H3,(H,25,26)/b22-13+. The molecule has 1 aliphatic heterocycles. The van der Waals surface area contributed by atoms with Crippen molar-refractivity contribution in [1.29, 1.82) is 0 Å². The number of carboxylic acid groups (broad SMARTS) is 1. The van der Waals surface area contributed by atoms with Crippen molar-refractivity contribution in [3.05, 3.63) is 71.8 Å². The number of rotatable bonds is 7. The van der Waals surface area contributed by atoms with Crippen LogP contribution in [-0.4, -0.2) is 42.7 Å². The van der Waals surface area contributed by atoms with Gasteiger partial charge >= 0.3 is 5.97 Å². The molecule has 1 fully saturated rings. The summed E-state index contributed by atoms with van der Waals surface area (Å²) in [6, 6.07) is 18.5. The van der Waals surface area contributed by atoms with Gasteiger partial charge in [-0.15, -0.1) is 0 Å². The Hall–Kier alpha value is -2.59. The summed E-state index contributed by atoms with van der Waals surface area (Å²) in [5.41, 5.74) is 3.48. The van der Waals surface area contributed by atoms with Crippen LogP contribution in [-0.2, 0) is 4.79 Å². The smallest absolute Gasteiger partial charge is 0.307 e. The van der Waals surface area contributed by atoms with Crippen molar-refractivity contribution < 1.29 is 14.6 Å². The van der Waals surface area contributed by atoms with Crippen LogP contribution in [0.1, 0.15) is 30.4 Å². The Morgan fingerprint density at radius 2 is 1.96 bits per heavy atom. The number of likely N-dealkylation sites (tertiary alicyclic amines) is 1. The molecule has 4 nitrogen and oxygen atoms in total. The number of methoxy groups -OCH3 is 1. The molecule has 0 saturated carbocycles. The number of carbonyl (C=O) groups is 1. The molecular formula is C23H27NO3. The van der Waals surface area contributed by atoms with E-state index < -0.39 is 5.97 Å². The summed E-state index contributed by atoms with van der Waals surface area (Å²) in [4.78, 5) is 13.5. The zero-order valence-corrected chi connectivity index (χ0v) is 15.8. The number of benzene rings is 2. The molecule has 4 heteroatoms. The quantitative estimate of drug-likeness (QED) is 0.794. The molecule has 2 aromatic rings. The first-order valence-electron chi connectivity index (χ1n) is 9.52. The maximum atomic E-state index is 11.3. The maximum absolute atomic E-state index is 11.3. The minimum absolute atomic E-state index is 0.227. The molecule has 0 amide bonds. The molecule has 142 valence electrons. The Labute approximate surface area is 161 Å². The molecule has 3 rings (SSSR count). The number of hydrogen-bond donors (Lipinski definition) is 1. The third-order valence-corrected chi connectivity index (χ3v) is 5.11. The van der Waals surface area contributed by atoms with E-state index in [1.54, 1.807) is 7.11 Å². The van der Waals surface area contributed by atoms with Gasteiger partial charge in [0, 0.05) is 13.1 Å². The van der Waals surface area contributed by atoms with E-state index in [-0.39, 0.29) is 5.92 Å². The molecule has 0 spiro atoms. The maximum Gasteiger partial charge on any atom is 0.307 e. The zero-order chi connectivity index (χ0) is 19.1. The molecule has 1 aliphatic rings. The highest BCUT2D eigenvalue weighted by Gasteiger charge is 2.24. The van der Waals surface area contributed by atoms with Crippen LogP contribution in [0.25, 0.3) is 5.57 Å². The molecule has 1 heterocycles. The van der Waals surface area contributed by atoms with Crippen LogP contribution >= 0.6 is 0 Å². The molecule has 2 aromatic carbocycles. The summed E-state index contributed by atoms with van der Waals surface area (Å²) in [6.07, 6.45) is 4.89. The summed E-state index contributed by atoms with van der Waals surface area (Å²) < 4.78 is 5.38. The first-order chi connectivity index (χ1) is 13.2. The Bertz CT molecular complexity index is 785. The van der Waals surface area contributed by atoms with E-state index in [1.165, 1.54) is 11.1 Å². The van der Waals surface area contributed by atoms with Crippen molar-refractivity contribution in [3.63, 3.8) is 0 Å². The Balaban J connectivity index is 1.76. The molecule has 0 aliphatic carbocycles. The van der Waals surface area contributed by atoms with Gasteiger partial charge in [0.25, 0.3) is 0 Å². The van der Waals surface area contributed by atoms with Crippen LogP contribution in [0.15, 0.2) is 60.7 Å². The van der Waals surface area contributed by atoms with Crippen LogP contribution in [0.2, 0.25) is 0 Å². The molecule has 1 atom stereocenters. The zero-order valence-electron chi connectivity index (χ0n) is 15.8. The second-order valence-electron chi connectivity index (χ2n) is 6.98. The molecule has 0 radical (unpaired) electrons. The fourth-order valence-corrected chi connectivity index (χ4v) is 3.66. The lowest BCUT2D eigenvalue weighted by Gasteiger charge is -2.30. The molecule has 0 aromatic heterocycles. The van der Waals surface area contributed by atoms with Gasteiger partial charge in [-0.2, -0.15) is 0 Å². The van der Waals surface area contributed by atoms with E-state index in [9.17, 15) is 9.90 Å². The number of carboxylic acids is 1. The lowest BCUT2D eigenvalue weighted by molar-refractivity contribution is -0.143. The second kappa shape index (κ2) is 9.38. The first kappa shape index (κ1) is 19.2. The van der Waals surface area contributed by atoms with Crippen LogP contribution < -0.4 is 4.74 Å². The van der Waals surface area contributed by atoms with Crippen molar-refractivity contribution in [1.82, 2.24) is 4.90 Å². The molecule has 1 saturated heterocycles.